The molecule has 0 unspecified atom stereocenters. The number of carbonyl (C=O) groups is 2. The van der Waals surface area contributed by atoms with Crippen LogP contribution in [-0.4, -0.2) is 32.9 Å². The van der Waals surface area contributed by atoms with Crippen LogP contribution in [0.4, 0.5) is 5.69 Å². The number of anilines is 1. The maximum absolute atomic E-state index is 13.7. The molecule has 0 radical (unpaired) electrons. The molecule has 0 spiro atoms. The van der Waals surface area contributed by atoms with Crippen molar-refractivity contribution in [3.8, 4) is 5.75 Å². The Morgan fingerprint density at radius 1 is 1.00 bits per heavy atom. The highest BCUT2D eigenvalue weighted by Gasteiger charge is 2.19. The number of nitrogens with one attached hydrogen (secondary N) is 1. The topological polar surface area (TPSA) is 95.2 Å². The highest BCUT2D eigenvalue weighted by Crippen LogP contribution is 2.27. The van der Waals surface area contributed by atoms with Crippen LogP contribution in [0.2, 0.25) is 0 Å². The summed E-state index contributed by atoms with van der Waals surface area (Å²) in [5, 5.41) is 3.68. The number of ether oxygens (including phenoxy) is 1. The number of benzene rings is 3. The van der Waals surface area contributed by atoms with Crippen molar-refractivity contribution < 1.29 is 14.3 Å². The van der Waals surface area contributed by atoms with Crippen LogP contribution in [-0.2, 0) is 17.9 Å². The van der Waals surface area contributed by atoms with Crippen LogP contribution >= 0.6 is 0 Å². The summed E-state index contributed by atoms with van der Waals surface area (Å²) in [6.07, 6.45) is 1.55. The summed E-state index contributed by atoms with van der Waals surface area (Å²) in [7, 11) is 1.61. The maximum Gasteiger partial charge on any atom is 0.278 e. The number of fused-ring (bicyclic) bond motifs is 3. The normalized spacial score (nSPS) is 11.1. The molecule has 5 aromatic rings. The number of methoxy groups -OCH3 is 1. The smallest absolute Gasteiger partial charge is 0.278 e. The van der Waals surface area contributed by atoms with Gasteiger partial charge in [-0.3, -0.25) is 19.0 Å². The van der Waals surface area contributed by atoms with Crippen LogP contribution in [0.5, 0.6) is 5.75 Å². The Morgan fingerprint density at radius 3 is 2.41 bits per heavy atom. The molecule has 2 aromatic heterocycles. The molecule has 0 fully saturated rings. The minimum atomic E-state index is -0.292. The van der Waals surface area contributed by atoms with E-state index in [1.807, 2.05) is 49.4 Å². The minimum Gasteiger partial charge on any atom is -0.497 e. The second-order valence-corrected chi connectivity index (χ2v) is 9.01. The molecule has 5 rings (SSSR count). The molecule has 186 valence electrons. The van der Waals surface area contributed by atoms with Crippen molar-refractivity contribution >= 4 is 39.3 Å². The highest BCUT2D eigenvalue weighted by molar-refractivity contribution is 6.07. The second kappa shape index (κ2) is 9.73. The summed E-state index contributed by atoms with van der Waals surface area (Å²) in [5.74, 6) is 0.402. The number of Topliss-reactive ketones (excluding diaryl/α,β-unsaturated/α-hetero) is 1. The molecule has 1 amide bonds. The lowest BCUT2D eigenvalue weighted by Crippen LogP contribution is -2.25. The van der Waals surface area contributed by atoms with Gasteiger partial charge >= 0.3 is 0 Å². The standard InChI is InChI=1S/C29H26N4O4/c1-18-4-13-25-24(14-18)27-28(29(36)32(17-30-27)15-20-5-11-23(37-3)12-6-20)33(25)16-26(35)31-22-9-7-21(8-10-22)19(2)34/h4-14,17H,15-16H2,1-3H3,(H,31,35). The first-order valence-corrected chi connectivity index (χ1v) is 11.9. The van der Waals surface area contributed by atoms with Crippen LogP contribution in [0.1, 0.15) is 28.4 Å². The number of ketones is 1. The monoisotopic (exact) mass is 494 g/mol. The van der Waals surface area contributed by atoms with Crippen LogP contribution in [0.25, 0.3) is 21.9 Å². The van der Waals surface area contributed by atoms with E-state index in [2.05, 4.69) is 10.3 Å². The Hall–Kier alpha value is -4.72. The molecule has 37 heavy (non-hydrogen) atoms. The van der Waals surface area contributed by atoms with Gasteiger partial charge in [0, 0.05) is 16.6 Å². The Morgan fingerprint density at radius 2 is 1.73 bits per heavy atom. The van der Waals surface area contributed by atoms with Gasteiger partial charge in [0.2, 0.25) is 5.91 Å². The van der Waals surface area contributed by atoms with E-state index in [0.29, 0.717) is 28.8 Å². The molecular weight excluding hydrogens is 468 g/mol. The minimum absolute atomic E-state index is 0.0446. The van der Waals surface area contributed by atoms with Crippen molar-refractivity contribution in [2.24, 2.45) is 0 Å². The first kappa shape index (κ1) is 24.0. The first-order valence-electron chi connectivity index (χ1n) is 11.9. The fraction of sp³-hybridized carbons (Fsp3) is 0.172. The first-order chi connectivity index (χ1) is 17.8. The molecule has 8 heteroatoms. The lowest BCUT2D eigenvalue weighted by Gasteiger charge is -2.10. The average Bonchev–Trinajstić information content (AvgIpc) is 3.19. The van der Waals surface area contributed by atoms with Gasteiger partial charge in [0.25, 0.3) is 5.56 Å². The molecule has 2 heterocycles. The van der Waals surface area contributed by atoms with Crippen molar-refractivity contribution in [1.82, 2.24) is 14.1 Å². The van der Waals surface area contributed by atoms with Crippen molar-refractivity contribution in [3.05, 3.63) is 100 Å². The Bertz CT molecular complexity index is 1700. The van der Waals surface area contributed by atoms with E-state index in [9.17, 15) is 14.4 Å². The van der Waals surface area contributed by atoms with Gasteiger partial charge in [0.1, 0.15) is 23.3 Å². The van der Waals surface area contributed by atoms with Crippen LogP contribution < -0.4 is 15.6 Å². The summed E-state index contributed by atoms with van der Waals surface area (Å²) in [6, 6.07) is 20.1. The van der Waals surface area contributed by atoms with Crippen molar-refractivity contribution in [1.29, 1.82) is 0 Å². The number of rotatable bonds is 7. The molecule has 3 aromatic carbocycles. The highest BCUT2D eigenvalue weighted by atomic mass is 16.5. The summed E-state index contributed by atoms with van der Waals surface area (Å²) in [6.45, 7) is 3.74. The largest absolute Gasteiger partial charge is 0.497 e. The average molecular weight is 495 g/mol. The van der Waals surface area contributed by atoms with Crippen molar-refractivity contribution in [2.75, 3.05) is 12.4 Å². The second-order valence-electron chi connectivity index (χ2n) is 9.01. The fourth-order valence-electron chi connectivity index (χ4n) is 4.45. The van der Waals surface area contributed by atoms with E-state index in [1.165, 1.54) is 6.92 Å². The molecule has 0 aliphatic heterocycles. The molecule has 0 aliphatic carbocycles. The van der Waals surface area contributed by atoms with E-state index in [-0.39, 0.29) is 23.8 Å². The number of aromatic nitrogens is 3. The number of aryl methyl sites for hydroxylation is 1. The van der Waals surface area contributed by atoms with Gasteiger partial charge in [-0.05, 0) is 67.9 Å². The van der Waals surface area contributed by atoms with Crippen LogP contribution in [0, 0.1) is 6.92 Å². The molecule has 0 saturated heterocycles. The molecule has 0 atom stereocenters. The summed E-state index contributed by atoms with van der Waals surface area (Å²) in [5.41, 5.74) is 4.57. The molecular formula is C29H26N4O4. The van der Waals surface area contributed by atoms with Crippen molar-refractivity contribution in [3.63, 3.8) is 0 Å². The maximum atomic E-state index is 13.7. The lowest BCUT2D eigenvalue weighted by atomic mass is 10.1. The predicted octanol–water partition coefficient (Wildman–Crippen LogP) is 4.56. The number of hydrogen-bond acceptors (Lipinski definition) is 5. The molecule has 0 bridgehead atoms. The third-order valence-corrected chi connectivity index (χ3v) is 6.37. The third-order valence-electron chi connectivity index (χ3n) is 6.37. The quantitative estimate of drug-likeness (QED) is 0.335. The van der Waals surface area contributed by atoms with Crippen molar-refractivity contribution in [2.45, 2.75) is 26.9 Å². The molecule has 0 aliphatic rings. The summed E-state index contributed by atoms with van der Waals surface area (Å²) in [4.78, 5) is 42.9. The Labute approximate surface area is 213 Å². The van der Waals surface area contributed by atoms with Crippen LogP contribution in [0.15, 0.2) is 77.9 Å². The van der Waals surface area contributed by atoms with E-state index in [1.54, 1.807) is 46.8 Å². The van der Waals surface area contributed by atoms with Gasteiger partial charge in [-0.25, -0.2) is 4.98 Å². The SMILES string of the molecule is COc1ccc(Cn2cnc3c4cc(C)ccc4n(CC(=O)Nc4ccc(C(C)=O)cc4)c3c2=O)cc1. The Kier molecular flexibility index (Phi) is 6.31. The lowest BCUT2D eigenvalue weighted by molar-refractivity contribution is -0.116. The van der Waals surface area contributed by atoms with Gasteiger partial charge in [0.15, 0.2) is 5.78 Å². The van der Waals surface area contributed by atoms with E-state index < -0.39 is 0 Å². The number of nitrogens with zero attached hydrogens (tertiary/aromatic N) is 3. The van der Waals surface area contributed by atoms with E-state index in [0.717, 1.165) is 27.8 Å². The van der Waals surface area contributed by atoms with Gasteiger partial charge in [0.05, 0.1) is 25.5 Å². The van der Waals surface area contributed by atoms with E-state index in [4.69, 9.17) is 4.74 Å². The molecule has 8 nitrogen and oxygen atoms in total. The zero-order valence-corrected chi connectivity index (χ0v) is 20.8. The third kappa shape index (κ3) is 4.73. The zero-order chi connectivity index (χ0) is 26.1. The van der Waals surface area contributed by atoms with Gasteiger partial charge < -0.3 is 14.6 Å². The van der Waals surface area contributed by atoms with Gasteiger partial charge in [-0.1, -0.05) is 23.8 Å². The molecule has 0 saturated carbocycles. The predicted molar refractivity (Wildman–Crippen MR) is 143 cm³/mol. The van der Waals surface area contributed by atoms with Gasteiger partial charge in [-0.15, -0.1) is 0 Å². The zero-order valence-electron chi connectivity index (χ0n) is 20.8. The Balaban J connectivity index is 1.53. The summed E-state index contributed by atoms with van der Waals surface area (Å²) < 4.78 is 8.49. The summed E-state index contributed by atoms with van der Waals surface area (Å²) >= 11 is 0. The number of carbonyl (C=O) groups excluding carboxylic acids is 2. The van der Waals surface area contributed by atoms with Gasteiger partial charge in [-0.2, -0.15) is 0 Å². The van der Waals surface area contributed by atoms with Crippen LogP contribution in [0.3, 0.4) is 0 Å². The number of hydrogen-bond donors (Lipinski definition) is 1. The number of amides is 1. The molecule has 1 N–H and O–H groups in total. The fourth-order valence-corrected chi connectivity index (χ4v) is 4.45. The van der Waals surface area contributed by atoms with E-state index >= 15 is 0 Å².